The maximum Gasteiger partial charge on any atom is 0.250 e. The minimum atomic E-state index is -0.451. The molecular weight excluding hydrogens is 202 g/mol. The van der Waals surface area contributed by atoms with E-state index in [-0.39, 0.29) is 0 Å². The number of nitrogens with two attached hydrogens (primary N) is 2. The Bertz CT molecular complexity index is 397. The van der Waals surface area contributed by atoms with Gasteiger partial charge in [0.05, 0.1) is 5.56 Å². The zero-order chi connectivity index (χ0) is 11.5. The van der Waals surface area contributed by atoms with E-state index in [1.165, 1.54) is 0 Å². The highest BCUT2D eigenvalue weighted by molar-refractivity contribution is 5.98. The van der Waals surface area contributed by atoms with E-state index in [9.17, 15) is 4.79 Å². The molecule has 0 spiro atoms. The third kappa shape index (κ3) is 2.02. The lowest BCUT2D eigenvalue weighted by Gasteiger charge is -2.24. The quantitative estimate of drug-likeness (QED) is 0.644. The zero-order valence-electron chi connectivity index (χ0n) is 9.20. The third-order valence-corrected chi connectivity index (χ3v) is 3.18. The van der Waals surface area contributed by atoms with Gasteiger partial charge in [-0.05, 0) is 43.5 Å². The number of anilines is 1. The Morgan fingerprint density at radius 2 is 2.00 bits per heavy atom. The smallest absolute Gasteiger partial charge is 0.250 e. The highest BCUT2D eigenvalue weighted by Crippen LogP contribution is 2.31. The van der Waals surface area contributed by atoms with Gasteiger partial charge in [0, 0.05) is 5.69 Å². The molecule has 5 N–H and O–H groups in total. The third-order valence-electron chi connectivity index (χ3n) is 3.18. The minimum absolute atomic E-state index is 0.441. The average Bonchev–Trinajstić information content (AvgIpc) is 2.30. The van der Waals surface area contributed by atoms with Crippen molar-refractivity contribution < 1.29 is 4.79 Å². The lowest BCUT2D eigenvalue weighted by atomic mass is 9.88. The first-order valence-corrected chi connectivity index (χ1v) is 5.59. The molecule has 2 rings (SSSR count). The van der Waals surface area contributed by atoms with Crippen LogP contribution in [0.2, 0.25) is 0 Å². The first kappa shape index (κ1) is 11.0. The molecule has 4 heteroatoms. The first-order valence-electron chi connectivity index (χ1n) is 5.59. The summed E-state index contributed by atoms with van der Waals surface area (Å²) in [5, 5.41) is 3.31. The van der Waals surface area contributed by atoms with Gasteiger partial charge in [0.15, 0.2) is 0 Å². The molecule has 1 amide bonds. The van der Waals surface area contributed by atoms with Crippen LogP contribution in [0.4, 0.5) is 5.69 Å². The van der Waals surface area contributed by atoms with Crippen molar-refractivity contribution in [2.24, 2.45) is 5.73 Å². The number of piperidine rings is 1. The number of amides is 1. The molecular formula is C12H17N3O. The second-order valence-electron chi connectivity index (χ2n) is 4.20. The van der Waals surface area contributed by atoms with Crippen LogP contribution in [-0.2, 0) is 0 Å². The summed E-state index contributed by atoms with van der Waals surface area (Å²) in [6.07, 6.45) is 2.12. The molecule has 1 aromatic rings. The number of hydrogen-bond donors (Lipinski definition) is 3. The van der Waals surface area contributed by atoms with E-state index in [1.807, 2.05) is 12.1 Å². The molecule has 1 fully saturated rings. The lowest BCUT2D eigenvalue weighted by molar-refractivity contribution is 0.100. The molecule has 4 nitrogen and oxygen atoms in total. The molecule has 86 valence electrons. The monoisotopic (exact) mass is 219 g/mol. The number of carbonyl (C=O) groups excluding carboxylic acids is 1. The Morgan fingerprint density at radius 1 is 1.31 bits per heavy atom. The van der Waals surface area contributed by atoms with Crippen LogP contribution in [0, 0.1) is 0 Å². The van der Waals surface area contributed by atoms with E-state index < -0.39 is 5.91 Å². The normalized spacial score (nSPS) is 17.2. The van der Waals surface area contributed by atoms with Gasteiger partial charge in [-0.1, -0.05) is 12.1 Å². The molecule has 0 unspecified atom stereocenters. The fraction of sp³-hybridized carbons (Fsp3) is 0.417. The minimum Gasteiger partial charge on any atom is -0.398 e. The molecule has 0 atom stereocenters. The van der Waals surface area contributed by atoms with Crippen molar-refractivity contribution >= 4 is 11.6 Å². The van der Waals surface area contributed by atoms with Gasteiger partial charge in [-0.25, -0.2) is 0 Å². The number of rotatable bonds is 2. The van der Waals surface area contributed by atoms with E-state index in [0.29, 0.717) is 17.2 Å². The van der Waals surface area contributed by atoms with Crippen LogP contribution in [0.5, 0.6) is 0 Å². The van der Waals surface area contributed by atoms with E-state index in [4.69, 9.17) is 11.5 Å². The summed E-state index contributed by atoms with van der Waals surface area (Å²) in [5.41, 5.74) is 13.3. The average molecular weight is 219 g/mol. The van der Waals surface area contributed by atoms with Crippen LogP contribution >= 0.6 is 0 Å². The van der Waals surface area contributed by atoms with Gasteiger partial charge in [-0.2, -0.15) is 0 Å². The summed E-state index contributed by atoms with van der Waals surface area (Å²) in [5.74, 6) is -0.00571. The maximum absolute atomic E-state index is 11.2. The summed E-state index contributed by atoms with van der Waals surface area (Å²) in [7, 11) is 0. The van der Waals surface area contributed by atoms with Gasteiger partial charge in [-0.15, -0.1) is 0 Å². The predicted molar refractivity (Wildman–Crippen MR) is 64.2 cm³/mol. The highest BCUT2D eigenvalue weighted by Gasteiger charge is 2.19. The highest BCUT2D eigenvalue weighted by atomic mass is 16.1. The van der Waals surface area contributed by atoms with Crippen LogP contribution in [0.25, 0.3) is 0 Å². The van der Waals surface area contributed by atoms with Crippen molar-refractivity contribution in [1.29, 1.82) is 0 Å². The molecule has 16 heavy (non-hydrogen) atoms. The van der Waals surface area contributed by atoms with Gasteiger partial charge >= 0.3 is 0 Å². The van der Waals surface area contributed by atoms with Crippen LogP contribution in [-0.4, -0.2) is 19.0 Å². The molecule has 0 aliphatic carbocycles. The molecule has 0 radical (unpaired) electrons. The fourth-order valence-electron chi connectivity index (χ4n) is 2.29. The summed E-state index contributed by atoms with van der Waals surface area (Å²) >= 11 is 0. The Balaban J connectivity index is 2.33. The molecule has 1 aliphatic rings. The second-order valence-corrected chi connectivity index (χ2v) is 4.20. The van der Waals surface area contributed by atoms with Crippen molar-refractivity contribution in [3.05, 3.63) is 29.3 Å². The Hall–Kier alpha value is -1.55. The Morgan fingerprint density at radius 3 is 2.62 bits per heavy atom. The topological polar surface area (TPSA) is 81.1 Å². The summed E-state index contributed by atoms with van der Waals surface area (Å²) in [6, 6.07) is 5.54. The predicted octanol–water partition coefficient (Wildman–Crippen LogP) is 0.835. The molecule has 1 aliphatic heterocycles. The summed E-state index contributed by atoms with van der Waals surface area (Å²) in [6.45, 7) is 2.01. The first-order chi connectivity index (χ1) is 7.70. The number of benzene rings is 1. The van der Waals surface area contributed by atoms with E-state index >= 15 is 0 Å². The molecule has 1 aromatic carbocycles. The number of para-hydroxylation sites is 1. The van der Waals surface area contributed by atoms with Crippen LogP contribution in [0.15, 0.2) is 18.2 Å². The van der Waals surface area contributed by atoms with E-state index in [2.05, 4.69) is 5.32 Å². The van der Waals surface area contributed by atoms with Gasteiger partial charge < -0.3 is 16.8 Å². The molecule has 0 bridgehead atoms. The number of hydrogen-bond acceptors (Lipinski definition) is 3. The Labute approximate surface area is 95.0 Å². The van der Waals surface area contributed by atoms with Crippen LogP contribution < -0.4 is 16.8 Å². The second kappa shape index (κ2) is 4.53. The van der Waals surface area contributed by atoms with Crippen LogP contribution in [0.1, 0.15) is 34.7 Å². The number of nitrogens with one attached hydrogen (secondary N) is 1. The summed E-state index contributed by atoms with van der Waals surface area (Å²) in [4.78, 5) is 11.2. The Kier molecular flexibility index (Phi) is 3.10. The standard InChI is InChI=1S/C12H17N3O/c13-11-9(8-4-6-15-7-5-8)2-1-3-10(11)12(14)16/h1-3,8,15H,4-7,13H2,(H2,14,16). The van der Waals surface area contributed by atoms with Crippen molar-refractivity contribution in [3.63, 3.8) is 0 Å². The van der Waals surface area contributed by atoms with Gasteiger partial charge in [0.25, 0.3) is 5.91 Å². The van der Waals surface area contributed by atoms with Gasteiger partial charge in [-0.3, -0.25) is 4.79 Å². The van der Waals surface area contributed by atoms with Crippen molar-refractivity contribution in [1.82, 2.24) is 5.32 Å². The maximum atomic E-state index is 11.2. The number of primary amides is 1. The van der Waals surface area contributed by atoms with Crippen molar-refractivity contribution in [3.8, 4) is 0 Å². The van der Waals surface area contributed by atoms with Crippen molar-refractivity contribution in [2.75, 3.05) is 18.8 Å². The van der Waals surface area contributed by atoms with Gasteiger partial charge in [0.1, 0.15) is 0 Å². The van der Waals surface area contributed by atoms with Crippen molar-refractivity contribution in [2.45, 2.75) is 18.8 Å². The SMILES string of the molecule is NC(=O)c1cccc(C2CCNCC2)c1N. The molecule has 1 heterocycles. The number of nitrogen functional groups attached to an aromatic ring is 1. The largest absolute Gasteiger partial charge is 0.398 e. The van der Waals surface area contributed by atoms with E-state index in [0.717, 1.165) is 31.5 Å². The fourth-order valence-corrected chi connectivity index (χ4v) is 2.29. The molecule has 0 aromatic heterocycles. The summed E-state index contributed by atoms with van der Waals surface area (Å²) < 4.78 is 0. The molecule has 0 saturated carbocycles. The zero-order valence-corrected chi connectivity index (χ0v) is 9.20. The lowest BCUT2D eigenvalue weighted by Crippen LogP contribution is -2.27. The van der Waals surface area contributed by atoms with Gasteiger partial charge in [0.2, 0.25) is 0 Å². The molecule has 1 saturated heterocycles. The number of carbonyl (C=O) groups is 1. The van der Waals surface area contributed by atoms with E-state index in [1.54, 1.807) is 6.07 Å². The van der Waals surface area contributed by atoms with Crippen LogP contribution in [0.3, 0.4) is 0 Å².